The second-order valence-electron chi connectivity index (χ2n) is 6.51. The molecule has 0 aliphatic carbocycles. The van der Waals surface area contributed by atoms with Gasteiger partial charge in [0, 0.05) is 28.1 Å². The lowest BCUT2D eigenvalue weighted by Gasteiger charge is -2.25. The molecule has 0 aromatic heterocycles. The molecule has 0 saturated carbocycles. The molecule has 0 unspecified atom stereocenters. The number of hydrogen-bond acceptors (Lipinski definition) is 3. The predicted octanol–water partition coefficient (Wildman–Crippen LogP) is 5.80. The Kier molecular flexibility index (Phi) is 5.36. The molecule has 29 heavy (non-hydrogen) atoms. The zero-order valence-electron chi connectivity index (χ0n) is 14.8. The number of benzene rings is 3. The van der Waals surface area contributed by atoms with Crippen molar-refractivity contribution in [2.24, 2.45) is 5.14 Å². The van der Waals surface area contributed by atoms with Gasteiger partial charge < -0.3 is 4.74 Å². The monoisotopic (exact) mass is 465 g/mol. The molecule has 3 aromatic rings. The van der Waals surface area contributed by atoms with Crippen molar-refractivity contribution in [2.45, 2.75) is 11.3 Å². The van der Waals surface area contributed by atoms with Crippen LogP contribution in [-0.4, -0.2) is 8.42 Å². The Labute approximate surface area is 183 Å². The zero-order chi connectivity index (χ0) is 20.8. The van der Waals surface area contributed by atoms with Crippen LogP contribution in [0.2, 0.25) is 15.1 Å². The van der Waals surface area contributed by atoms with E-state index in [-0.39, 0.29) is 4.90 Å². The van der Waals surface area contributed by atoms with Crippen LogP contribution in [0, 0.1) is 0 Å². The summed E-state index contributed by atoms with van der Waals surface area (Å²) in [6.45, 7) is 0. The fourth-order valence-electron chi connectivity index (χ4n) is 3.19. The lowest BCUT2D eigenvalue weighted by Crippen LogP contribution is -2.13. The summed E-state index contributed by atoms with van der Waals surface area (Å²) < 4.78 is 29.3. The van der Waals surface area contributed by atoms with Gasteiger partial charge in [-0.25, -0.2) is 13.6 Å². The molecule has 0 bridgehead atoms. The number of rotatable bonds is 3. The number of nitrogens with two attached hydrogens (primary N) is 1. The first-order valence-corrected chi connectivity index (χ1v) is 11.2. The van der Waals surface area contributed by atoms with Crippen LogP contribution in [0.5, 0.6) is 5.75 Å². The minimum atomic E-state index is -3.79. The fraction of sp³-hybridized carbons (Fsp3) is 0.0476. The normalized spacial score (nSPS) is 13.8. The quantitative estimate of drug-likeness (QED) is 0.496. The summed E-state index contributed by atoms with van der Waals surface area (Å²) >= 11 is 18.8. The Morgan fingerprint density at radius 3 is 2.21 bits per heavy atom. The smallest absolute Gasteiger partial charge is 0.238 e. The molecular formula is C21H14Cl3NO3S. The van der Waals surface area contributed by atoms with Crippen LogP contribution >= 0.6 is 34.8 Å². The summed E-state index contributed by atoms with van der Waals surface area (Å²) in [6, 6.07) is 17.1. The van der Waals surface area contributed by atoms with E-state index in [4.69, 9.17) is 44.7 Å². The van der Waals surface area contributed by atoms with E-state index in [1.165, 1.54) is 12.1 Å². The molecule has 0 fully saturated rings. The first-order chi connectivity index (χ1) is 13.7. The molecule has 8 heteroatoms. The van der Waals surface area contributed by atoms with E-state index in [1.54, 1.807) is 24.3 Å². The van der Waals surface area contributed by atoms with Gasteiger partial charge in [0.05, 0.1) is 14.9 Å². The maximum Gasteiger partial charge on any atom is 0.238 e. The molecule has 4 rings (SSSR count). The van der Waals surface area contributed by atoms with Crippen molar-refractivity contribution < 1.29 is 13.2 Å². The van der Waals surface area contributed by atoms with Crippen LogP contribution in [-0.2, 0) is 16.4 Å². The van der Waals surface area contributed by atoms with Gasteiger partial charge in [-0.1, -0.05) is 53.0 Å². The van der Waals surface area contributed by atoms with Crippen LogP contribution in [0.25, 0.3) is 11.3 Å². The third kappa shape index (κ3) is 4.02. The summed E-state index contributed by atoms with van der Waals surface area (Å²) in [4.78, 5) is 0.0205. The topological polar surface area (TPSA) is 69.4 Å². The van der Waals surface area contributed by atoms with Gasteiger partial charge in [0.2, 0.25) is 10.0 Å². The summed E-state index contributed by atoms with van der Waals surface area (Å²) in [6.07, 6.45) is 0.556. The van der Waals surface area contributed by atoms with Crippen LogP contribution in [0.1, 0.15) is 16.7 Å². The lowest BCUT2D eigenvalue weighted by molar-refractivity contribution is 0.502. The third-order valence-electron chi connectivity index (χ3n) is 4.61. The number of primary sulfonamides is 1. The molecule has 0 amide bonds. The fourth-order valence-corrected chi connectivity index (χ4v) is 4.37. The summed E-state index contributed by atoms with van der Waals surface area (Å²) in [5.41, 5.74) is 3.19. The molecule has 0 radical (unpaired) electrons. The van der Waals surface area contributed by atoms with E-state index < -0.39 is 10.0 Å². The number of para-hydroxylation sites is 1. The van der Waals surface area contributed by atoms with Crippen molar-refractivity contribution >= 4 is 56.2 Å². The molecule has 148 valence electrons. The highest BCUT2D eigenvalue weighted by molar-refractivity contribution is 7.89. The number of allylic oxidation sites excluding steroid dienone is 1. The SMILES string of the molecule is NS(=O)(=O)c1ccc(C2=C(c3cc(Cl)c(Cl)cc3Cl)Cc3ccccc3O2)cc1. The van der Waals surface area contributed by atoms with E-state index in [2.05, 4.69) is 0 Å². The molecule has 0 spiro atoms. The Hall–Kier alpha value is -2.02. The minimum Gasteiger partial charge on any atom is -0.456 e. The van der Waals surface area contributed by atoms with E-state index >= 15 is 0 Å². The van der Waals surface area contributed by atoms with E-state index in [9.17, 15) is 8.42 Å². The van der Waals surface area contributed by atoms with Crippen LogP contribution in [0.3, 0.4) is 0 Å². The Balaban J connectivity index is 1.91. The molecule has 4 nitrogen and oxygen atoms in total. The zero-order valence-corrected chi connectivity index (χ0v) is 17.9. The average Bonchev–Trinajstić information content (AvgIpc) is 2.69. The van der Waals surface area contributed by atoms with Crippen molar-refractivity contribution in [1.29, 1.82) is 0 Å². The van der Waals surface area contributed by atoms with Crippen LogP contribution in [0.15, 0.2) is 65.6 Å². The largest absolute Gasteiger partial charge is 0.456 e. The third-order valence-corrected chi connectivity index (χ3v) is 6.57. The molecule has 1 aliphatic rings. The average molecular weight is 467 g/mol. The molecule has 2 N–H and O–H groups in total. The molecule has 3 aromatic carbocycles. The summed E-state index contributed by atoms with van der Waals surface area (Å²) in [5, 5.41) is 6.38. The Morgan fingerprint density at radius 2 is 1.52 bits per heavy atom. The van der Waals surface area contributed by atoms with Crippen molar-refractivity contribution in [3.63, 3.8) is 0 Å². The second-order valence-corrected chi connectivity index (χ2v) is 9.29. The van der Waals surface area contributed by atoms with Gasteiger partial charge in [0.15, 0.2) is 0 Å². The lowest BCUT2D eigenvalue weighted by atomic mass is 9.92. The number of fused-ring (bicyclic) bond motifs is 1. The van der Waals surface area contributed by atoms with Crippen molar-refractivity contribution in [3.05, 3.63) is 92.4 Å². The molecular weight excluding hydrogens is 453 g/mol. The highest BCUT2D eigenvalue weighted by Gasteiger charge is 2.24. The van der Waals surface area contributed by atoms with Gasteiger partial charge >= 0.3 is 0 Å². The van der Waals surface area contributed by atoms with E-state index in [0.29, 0.717) is 38.4 Å². The maximum atomic E-state index is 11.6. The first kappa shape index (κ1) is 20.3. The van der Waals surface area contributed by atoms with Crippen LogP contribution in [0.4, 0.5) is 0 Å². The van der Waals surface area contributed by atoms with Crippen molar-refractivity contribution in [2.75, 3.05) is 0 Å². The molecule has 0 saturated heterocycles. The highest BCUT2D eigenvalue weighted by atomic mass is 35.5. The number of hydrogen-bond donors (Lipinski definition) is 1. The van der Waals surface area contributed by atoms with Crippen LogP contribution < -0.4 is 9.88 Å². The molecule has 1 aliphatic heterocycles. The standard InChI is InChI=1S/C21H14Cl3NO3S/c22-17-11-19(24)18(23)10-15(17)16-9-13-3-1-2-4-20(13)28-21(16)12-5-7-14(8-6-12)29(25,26)27/h1-8,10-11H,9H2,(H2,25,26,27). The highest BCUT2D eigenvalue weighted by Crippen LogP contribution is 2.42. The van der Waals surface area contributed by atoms with Gasteiger partial charge in [-0.3, -0.25) is 0 Å². The van der Waals surface area contributed by atoms with Gasteiger partial charge in [0.25, 0.3) is 0 Å². The predicted molar refractivity (Wildman–Crippen MR) is 117 cm³/mol. The number of halogens is 3. The Bertz CT molecular complexity index is 1250. The van der Waals surface area contributed by atoms with Gasteiger partial charge in [0.1, 0.15) is 11.5 Å². The van der Waals surface area contributed by atoms with E-state index in [1.807, 2.05) is 24.3 Å². The first-order valence-electron chi connectivity index (χ1n) is 8.51. The van der Waals surface area contributed by atoms with Crippen molar-refractivity contribution in [3.8, 4) is 5.75 Å². The second kappa shape index (κ2) is 7.67. The minimum absolute atomic E-state index is 0.0205. The maximum absolute atomic E-state index is 11.6. The molecule has 0 atom stereocenters. The van der Waals surface area contributed by atoms with Gasteiger partial charge in [-0.2, -0.15) is 0 Å². The summed E-state index contributed by atoms with van der Waals surface area (Å²) in [7, 11) is -3.79. The molecule has 1 heterocycles. The van der Waals surface area contributed by atoms with Gasteiger partial charge in [-0.15, -0.1) is 0 Å². The summed E-state index contributed by atoms with van der Waals surface area (Å²) in [5.74, 6) is 1.28. The van der Waals surface area contributed by atoms with Crippen molar-refractivity contribution in [1.82, 2.24) is 0 Å². The van der Waals surface area contributed by atoms with Gasteiger partial charge in [-0.05, 0) is 48.0 Å². The number of sulfonamides is 1. The van der Waals surface area contributed by atoms with E-state index in [0.717, 1.165) is 16.9 Å². The number of ether oxygens (including phenoxy) is 1. The Morgan fingerprint density at radius 1 is 0.862 bits per heavy atom.